The monoisotopic (exact) mass is 403 g/mol. The molecule has 3 rings (SSSR count). The highest BCUT2D eigenvalue weighted by Crippen LogP contribution is 2.27. The summed E-state index contributed by atoms with van der Waals surface area (Å²) in [6.45, 7) is 0.247. The van der Waals surface area contributed by atoms with E-state index >= 15 is 0 Å². The van der Waals surface area contributed by atoms with E-state index in [-0.39, 0.29) is 24.6 Å². The van der Waals surface area contributed by atoms with Crippen molar-refractivity contribution in [2.45, 2.75) is 25.7 Å². The smallest absolute Gasteiger partial charge is 0.251 e. The van der Waals surface area contributed by atoms with E-state index in [1.807, 2.05) is 6.07 Å². The van der Waals surface area contributed by atoms with Gasteiger partial charge in [-0.1, -0.05) is 0 Å². The maximum Gasteiger partial charge on any atom is 0.251 e. The number of halogens is 2. The fourth-order valence-corrected chi connectivity index (χ4v) is 2.92. The van der Waals surface area contributed by atoms with Gasteiger partial charge in [0.1, 0.15) is 17.4 Å². The van der Waals surface area contributed by atoms with Gasteiger partial charge in [-0.2, -0.15) is 0 Å². The largest absolute Gasteiger partial charge is 0.494 e. The summed E-state index contributed by atoms with van der Waals surface area (Å²) in [5.74, 6) is -3.06. The van der Waals surface area contributed by atoms with Crippen LogP contribution in [0.1, 0.15) is 35.2 Å². The first kappa shape index (κ1) is 20.2. The number of benzene rings is 2. The summed E-state index contributed by atoms with van der Waals surface area (Å²) in [6.07, 6.45) is 1.44. The number of primary amides is 1. The number of nitrogens with two attached hydrogens (primary N) is 1. The number of carbonyl (C=O) groups is 3. The standard InChI is InChI=1S/C20H19F2N3O4/c21-14-10-15(22)17(9-13(14)20(23)28)25-18(26)2-1-7-29-12-4-5-16-11(8-12)3-6-19(27)24-16/h4-5,8-10H,1-3,6-7H2,(H2,23,28)(H,24,27)(H,25,26). The summed E-state index contributed by atoms with van der Waals surface area (Å²) < 4.78 is 32.8. The third-order valence-electron chi connectivity index (χ3n) is 4.39. The molecule has 7 nitrogen and oxygen atoms in total. The predicted molar refractivity (Wildman–Crippen MR) is 102 cm³/mol. The average molecular weight is 403 g/mol. The third kappa shape index (κ3) is 5.07. The van der Waals surface area contributed by atoms with E-state index in [0.717, 1.165) is 17.3 Å². The van der Waals surface area contributed by atoms with Crippen molar-refractivity contribution in [3.05, 3.63) is 53.1 Å². The van der Waals surface area contributed by atoms with Crippen LogP contribution in [0.3, 0.4) is 0 Å². The summed E-state index contributed by atoms with van der Waals surface area (Å²) >= 11 is 0. The summed E-state index contributed by atoms with van der Waals surface area (Å²) in [4.78, 5) is 34.5. The Labute approximate surface area is 165 Å². The molecule has 0 saturated carbocycles. The molecule has 1 aliphatic rings. The number of amides is 3. The van der Waals surface area contributed by atoms with Gasteiger partial charge in [-0.25, -0.2) is 8.78 Å². The van der Waals surface area contributed by atoms with Crippen LogP contribution in [0.15, 0.2) is 30.3 Å². The Morgan fingerprint density at radius 1 is 1.14 bits per heavy atom. The van der Waals surface area contributed by atoms with Crippen LogP contribution >= 0.6 is 0 Å². The molecule has 0 atom stereocenters. The van der Waals surface area contributed by atoms with E-state index in [4.69, 9.17) is 10.5 Å². The Morgan fingerprint density at radius 3 is 2.69 bits per heavy atom. The number of ether oxygens (including phenoxy) is 1. The van der Waals surface area contributed by atoms with E-state index < -0.39 is 29.0 Å². The number of rotatable bonds is 7. The Bertz CT molecular complexity index is 978. The van der Waals surface area contributed by atoms with Crippen molar-refractivity contribution in [2.75, 3.05) is 17.2 Å². The number of hydrogen-bond acceptors (Lipinski definition) is 4. The Kier molecular flexibility index (Phi) is 6.06. The van der Waals surface area contributed by atoms with Crippen LogP contribution in [0.25, 0.3) is 0 Å². The van der Waals surface area contributed by atoms with Crippen molar-refractivity contribution in [3.63, 3.8) is 0 Å². The minimum Gasteiger partial charge on any atom is -0.494 e. The molecule has 0 radical (unpaired) electrons. The van der Waals surface area contributed by atoms with Crippen molar-refractivity contribution in [2.24, 2.45) is 5.73 Å². The Balaban J connectivity index is 1.49. The van der Waals surface area contributed by atoms with Gasteiger partial charge in [-0.15, -0.1) is 0 Å². The molecule has 0 aliphatic carbocycles. The van der Waals surface area contributed by atoms with Crippen LogP contribution in [-0.4, -0.2) is 24.3 Å². The topological polar surface area (TPSA) is 111 Å². The lowest BCUT2D eigenvalue weighted by molar-refractivity contribution is -0.117. The molecule has 2 aromatic rings. The predicted octanol–water partition coefficient (Wildman–Crippen LogP) is 2.75. The number of hydrogen-bond donors (Lipinski definition) is 3. The molecule has 0 unspecified atom stereocenters. The van der Waals surface area contributed by atoms with Gasteiger partial charge in [-0.05, 0) is 42.7 Å². The second kappa shape index (κ2) is 8.68. The normalized spacial score (nSPS) is 12.7. The van der Waals surface area contributed by atoms with Crippen LogP contribution in [0.2, 0.25) is 0 Å². The second-order valence-electron chi connectivity index (χ2n) is 6.54. The molecule has 4 N–H and O–H groups in total. The lowest BCUT2D eigenvalue weighted by Gasteiger charge is -2.17. The highest BCUT2D eigenvalue weighted by atomic mass is 19.1. The number of anilines is 2. The SMILES string of the molecule is NC(=O)c1cc(NC(=O)CCCOc2ccc3c(c2)CCC(=O)N3)c(F)cc1F. The molecule has 9 heteroatoms. The second-order valence-corrected chi connectivity index (χ2v) is 6.54. The van der Waals surface area contributed by atoms with E-state index in [0.29, 0.717) is 31.1 Å². The van der Waals surface area contributed by atoms with Gasteiger partial charge in [0.25, 0.3) is 5.91 Å². The fourth-order valence-electron chi connectivity index (χ4n) is 2.92. The van der Waals surface area contributed by atoms with Gasteiger partial charge < -0.3 is 21.1 Å². The van der Waals surface area contributed by atoms with Gasteiger partial charge in [0.05, 0.1) is 17.9 Å². The minimum absolute atomic E-state index is 0.0160. The summed E-state index contributed by atoms with van der Waals surface area (Å²) in [7, 11) is 0. The molecule has 0 bridgehead atoms. The first-order valence-electron chi connectivity index (χ1n) is 8.98. The van der Waals surface area contributed by atoms with Crippen molar-refractivity contribution < 1.29 is 27.9 Å². The molecular formula is C20H19F2N3O4. The van der Waals surface area contributed by atoms with Crippen LogP contribution < -0.4 is 21.1 Å². The first-order chi connectivity index (χ1) is 13.8. The number of nitrogens with one attached hydrogen (secondary N) is 2. The number of carbonyl (C=O) groups excluding carboxylic acids is 3. The minimum atomic E-state index is -1.09. The Hall–Kier alpha value is -3.49. The van der Waals surface area contributed by atoms with E-state index in [9.17, 15) is 23.2 Å². The molecule has 0 spiro atoms. The maximum absolute atomic E-state index is 13.8. The molecule has 0 aromatic heterocycles. The molecular weight excluding hydrogens is 384 g/mol. The molecule has 2 aromatic carbocycles. The summed E-state index contributed by atoms with van der Waals surface area (Å²) in [5, 5.41) is 5.07. The summed E-state index contributed by atoms with van der Waals surface area (Å²) in [6, 6.07) is 6.70. The number of aryl methyl sites for hydroxylation is 1. The lowest BCUT2D eigenvalue weighted by Crippen LogP contribution is -2.19. The fraction of sp³-hybridized carbons (Fsp3) is 0.250. The zero-order valence-electron chi connectivity index (χ0n) is 15.4. The summed E-state index contributed by atoms with van der Waals surface area (Å²) in [5.41, 5.74) is 5.94. The molecule has 0 fully saturated rings. The molecule has 1 heterocycles. The first-order valence-corrected chi connectivity index (χ1v) is 8.98. The Morgan fingerprint density at radius 2 is 1.93 bits per heavy atom. The van der Waals surface area contributed by atoms with Crippen molar-refractivity contribution in [3.8, 4) is 5.75 Å². The van der Waals surface area contributed by atoms with Crippen LogP contribution in [-0.2, 0) is 16.0 Å². The van der Waals surface area contributed by atoms with Crippen molar-refractivity contribution in [1.82, 2.24) is 0 Å². The van der Waals surface area contributed by atoms with Gasteiger partial charge in [0.2, 0.25) is 11.8 Å². The average Bonchev–Trinajstić information content (AvgIpc) is 2.67. The van der Waals surface area contributed by atoms with Gasteiger partial charge in [-0.3, -0.25) is 14.4 Å². The molecule has 152 valence electrons. The van der Waals surface area contributed by atoms with Gasteiger partial charge >= 0.3 is 0 Å². The lowest BCUT2D eigenvalue weighted by atomic mass is 10.0. The van der Waals surface area contributed by atoms with Crippen molar-refractivity contribution >= 4 is 29.1 Å². The van der Waals surface area contributed by atoms with Gasteiger partial charge in [0.15, 0.2) is 0 Å². The number of fused-ring (bicyclic) bond motifs is 1. The van der Waals surface area contributed by atoms with Crippen LogP contribution in [0.5, 0.6) is 5.75 Å². The highest BCUT2D eigenvalue weighted by molar-refractivity contribution is 5.96. The van der Waals surface area contributed by atoms with Crippen LogP contribution in [0, 0.1) is 11.6 Å². The van der Waals surface area contributed by atoms with Gasteiger partial charge in [0, 0.05) is 24.6 Å². The zero-order chi connectivity index (χ0) is 21.0. The van der Waals surface area contributed by atoms with Crippen molar-refractivity contribution in [1.29, 1.82) is 0 Å². The zero-order valence-corrected chi connectivity index (χ0v) is 15.4. The maximum atomic E-state index is 13.8. The molecule has 1 aliphatic heterocycles. The van der Waals surface area contributed by atoms with Crippen LogP contribution in [0.4, 0.5) is 20.2 Å². The molecule has 29 heavy (non-hydrogen) atoms. The van der Waals surface area contributed by atoms with E-state index in [2.05, 4.69) is 10.6 Å². The quantitative estimate of drug-likeness (QED) is 0.618. The highest BCUT2D eigenvalue weighted by Gasteiger charge is 2.16. The molecule has 0 saturated heterocycles. The van der Waals surface area contributed by atoms with E-state index in [1.54, 1.807) is 12.1 Å². The third-order valence-corrected chi connectivity index (χ3v) is 4.39. The molecule has 3 amide bonds. The van der Waals surface area contributed by atoms with E-state index in [1.165, 1.54) is 0 Å².